The first kappa shape index (κ1) is 11.9. The molecule has 1 aromatic rings. The fourth-order valence-corrected chi connectivity index (χ4v) is 1.23. The Morgan fingerprint density at radius 3 is 3.00 bits per heavy atom. The van der Waals surface area contributed by atoms with E-state index in [4.69, 9.17) is 17.0 Å². The van der Waals surface area contributed by atoms with Gasteiger partial charge in [-0.15, -0.1) is 0 Å². The molecule has 0 unspecified atom stereocenters. The van der Waals surface area contributed by atoms with Gasteiger partial charge in [-0.1, -0.05) is 0 Å². The Labute approximate surface area is 94.6 Å². The number of hydrogen-bond acceptors (Lipinski definition) is 3. The summed E-state index contributed by atoms with van der Waals surface area (Å²) in [5.41, 5.74) is 2.17. The third-order valence-corrected chi connectivity index (χ3v) is 2.25. The van der Waals surface area contributed by atoms with Crippen LogP contribution in [0.5, 0.6) is 0 Å². The summed E-state index contributed by atoms with van der Waals surface area (Å²) in [5.74, 6) is 0. The van der Waals surface area contributed by atoms with Crippen molar-refractivity contribution < 1.29 is 4.74 Å². The molecule has 0 bridgehead atoms. The van der Waals surface area contributed by atoms with Gasteiger partial charge in [0.1, 0.15) is 0 Å². The van der Waals surface area contributed by atoms with Gasteiger partial charge in [0.05, 0.1) is 12.8 Å². The van der Waals surface area contributed by atoms with Crippen LogP contribution in [0.4, 0.5) is 0 Å². The van der Waals surface area contributed by atoms with Crippen LogP contribution in [0.15, 0.2) is 6.20 Å². The van der Waals surface area contributed by atoms with Gasteiger partial charge in [-0.05, 0) is 19.1 Å². The molecule has 15 heavy (non-hydrogen) atoms. The summed E-state index contributed by atoms with van der Waals surface area (Å²) in [6.07, 6.45) is 1.79. The Morgan fingerprint density at radius 2 is 2.40 bits per heavy atom. The van der Waals surface area contributed by atoms with Gasteiger partial charge < -0.3 is 15.4 Å². The molecule has 0 saturated heterocycles. The van der Waals surface area contributed by atoms with Crippen LogP contribution in [0.1, 0.15) is 11.3 Å². The van der Waals surface area contributed by atoms with Crippen LogP contribution in [0, 0.1) is 6.92 Å². The smallest absolute Gasteiger partial charge is 0.166 e. The number of hydrogen-bond donors (Lipinski definition) is 3. The zero-order valence-corrected chi connectivity index (χ0v) is 9.78. The molecule has 84 valence electrons. The molecular formula is C9H16N4OS. The third-order valence-electron chi connectivity index (χ3n) is 1.97. The minimum absolute atomic E-state index is 0.632. The van der Waals surface area contributed by atoms with Crippen LogP contribution in [0.2, 0.25) is 0 Å². The number of ether oxygens (including phenoxy) is 1. The summed E-state index contributed by atoms with van der Waals surface area (Å²) < 4.78 is 4.90. The highest BCUT2D eigenvalue weighted by Gasteiger charge is 2.00. The molecule has 6 heteroatoms. The van der Waals surface area contributed by atoms with E-state index >= 15 is 0 Å². The number of rotatable bonds is 5. The van der Waals surface area contributed by atoms with Crippen LogP contribution in [0.3, 0.4) is 0 Å². The van der Waals surface area contributed by atoms with E-state index < -0.39 is 0 Å². The van der Waals surface area contributed by atoms with Gasteiger partial charge in [0, 0.05) is 31.5 Å². The van der Waals surface area contributed by atoms with Gasteiger partial charge in [-0.25, -0.2) is 0 Å². The van der Waals surface area contributed by atoms with Crippen LogP contribution in [-0.2, 0) is 11.3 Å². The molecule has 5 nitrogen and oxygen atoms in total. The maximum atomic E-state index is 5.08. The zero-order chi connectivity index (χ0) is 11.1. The van der Waals surface area contributed by atoms with Crippen LogP contribution < -0.4 is 10.6 Å². The monoisotopic (exact) mass is 228 g/mol. The van der Waals surface area contributed by atoms with Crippen molar-refractivity contribution in [1.82, 2.24) is 20.8 Å². The van der Waals surface area contributed by atoms with E-state index in [2.05, 4.69) is 20.8 Å². The lowest BCUT2D eigenvalue weighted by Crippen LogP contribution is -2.36. The van der Waals surface area contributed by atoms with Crippen LogP contribution in [-0.4, -0.2) is 35.6 Å². The highest BCUT2D eigenvalue weighted by atomic mass is 32.1. The molecule has 0 amide bonds. The summed E-state index contributed by atoms with van der Waals surface area (Å²) in [7, 11) is 1.66. The molecule has 0 atom stereocenters. The molecule has 0 radical (unpaired) electrons. The summed E-state index contributed by atoms with van der Waals surface area (Å²) in [4.78, 5) is 0. The van der Waals surface area contributed by atoms with Crippen molar-refractivity contribution >= 4 is 17.3 Å². The number of aryl methyl sites for hydroxylation is 1. The molecule has 3 N–H and O–H groups in total. The Morgan fingerprint density at radius 1 is 1.60 bits per heavy atom. The first-order valence-corrected chi connectivity index (χ1v) is 5.14. The van der Waals surface area contributed by atoms with Crippen molar-refractivity contribution in [3.63, 3.8) is 0 Å². The average molecular weight is 228 g/mol. The predicted octanol–water partition coefficient (Wildman–Crippen LogP) is 0.329. The number of aromatic amines is 1. The van der Waals surface area contributed by atoms with Crippen LogP contribution >= 0.6 is 12.2 Å². The Bertz CT molecular complexity index is 313. The number of methoxy groups -OCH3 is 1. The fourth-order valence-electron chi connectivity index (χ4n) is 1.06. The average Bonchev–Trinajstić information content (AvgIpc) is 2.61. The molecular weight excluding hydrogens is 212 g/mol. The zero-order valence-electron chi connectivity index (χ0n) is 8.96. The third kappa shape index (κ3) is 4.26. The van der Waals surface area contributed by atoms with Crippen LogP contribution in [0.25, 0.3) is 0 Å². The molecule has 1 aromatic heterocycles. The Hall–Kier alpha value is -1.14. The lowest BCUT2D eigenvalue weighted by Gasteiger charge is -2.09. The van der Waals surface area contributed by atoms with E-state index in [0.29, 0.717) is 24.8 Å². The SMILES string of the molecule is COCCNC(=S)NCc1cn[nH]c1C. The number of H-pyrrole nitrogens is 1. The predicted molar refractivity (Wildman–Crippen MR) is 62.6 cm³/mol. The largest absolute Gasteiger partial charge is 0.383 e. The molecule has 1 heterocycles. The lowest BCUT2D eigenvalue weighted by molar-refractivity contribution is 0.204. The summed E-state index contributed by atoms with van der Waals surface area (Å²) >= 11 is 5.08. The summed E-state index contributed by atoms with van der Waals surface area (Å²) in [6.45, 7) is 4.02. The Balaban J connectivity index is 2.20. The van der Waals surface area contributed by atoms with E-state index in [1.807, 2.05) is 6.92 Å². The molecule has 0 aliphatic rings. The van der Waals surface area contributed by atoms with Crippen molar-refractivity contribution in [2.75, 3.05) is 20.3 Å². The maximum absolute atomic E-state index is 5.08. The molecule has 1 rings (SSSR count). The summed E-state index contributed by atoms with van der Waals surface area (Å²) in [6, 6.07) is 0. The molecule has 0 aliphatic heterocycles. The van der Waals surface area contributed by atoms with Crippen molar-refractivity contribution in [2.45, 2.75) is 13.5 Å². The summed E-state index contributed by atoms with van der Waals surface area (Å²) in [5, 5.41) is 13.5. The second-order valence-electron chi connectivity index (χ2n) is 3.12. The van der Waals surface area contributed by atoms with Gasteiger partial charge in [0.25, 0.3) is 0 Å². The second-order valence-corrected chi connectivity index (χ2v) is 3.53. The van der Waals surface area contributed by atoms with Gasteiger partial charge in [-0.3, -0.25) is 5.10 Å². The lowest BCUT2D eigenvalue weighted by atomic mass is 10.3. The fraction of sp³-hybridized carbons (Fsp3) is 0.556. The number of nitrogens with zero attached hydrogens (tertiary/aromatic N) is 1. The van der Waals surface area contributed by atoms with E-state index in [1.165, 1.54) is 0 Å². The topological polar surface area (TPSA) is 62.0 Å². The minimum Gasteiger partial charge on any atom is -0.383 e. The van der Waals surface area contributed by atoms with Crippen molar-refractivity contribution in [2.24, 2.45) is 0 Å². The van der Waals surface area contributed by atoms with Gasteiger partial charge in [0.15, 0.2) is 5.11 Å². The highest BCUT2D eigenvalue weighted by Crippen LogP contribution is 2.00. The molecule has 0 spiro atoms. The van der Waals surface area contributed by atoms with E-state index in [-0.39, 0.29) is 0 Å². The molecule has 0 aromatic carbocycles. The van der Waals surface area contributed by atoms with Gasteiger partial charge >= 0.3 is 0 Å². The van der Waals surface area contributed by atoms with E-state index in [9.17, 15) is 0 Å². The van der Waals surface area contributed by atoms with Crippen molar-refractivity contribution in [3.8, 4) is 0 Å². The Kier molecular flexibility index (Phi) is 5.06. The maximum Gasteiger partial charge on any atom is 0.166 e. The first-order chi connectivity index (χ1) is 7.24. The number of nitrogens with one attached hydrogen (secondary N) is 3. The van der Waals surface area contributed by atoms with E-state index in [0.717, 1.165) is 11.3 Å². The molecule has 0 fully saturated rings. The van der Waals surface area contributed by atoms with Gasteiger partial charge in [-0.2, -0.15) is 5.10 Å². The number of aromatic nitrogens is 2. The standard InChI is InChI=1S/C9H16N4OS/c1-7-8(6-12-13-7)5-11-9(15)10-3-4-14-2/h6H,3-5H2,1-2H3,(H,12,13)(H2,10,11,15). The molecule has 0 aliphatic carbocycles. The highest BCUT2D eigenvalue weighted by molar-refractivity contribution is 7.80. The van der Waals surface area contributed by atoms with Crippen molar-refractivity contribution in [1.29, 1.82) is 0 Å². The van der Waals surface area contributed by atoms with Crippen molar-refractivity contribution in [3.05, 3.63) is 17.5 Å². The second kappa shape index (κ2) is 6.36. The van der Waals surface area contributed by atoms with Gasteiger partial charge in [0.2, 0.25) is 0 Å². The first-order valence-electron chi connectivity index (χ1n) is 4.73. The number of thiocarbonyl (C=S) groups is 1. The quantitative estimate of drug-likeness (QED) is 0.501. The normalized spacial score (nSPS) is 10.0. The minimum atomic E-state index is 0.632. The molecule has 0 saturated carbocycles. The van der Waals surface area contributed by atoms with E-state index in [1.54, 1.807) is 13.3 Å².